The number of hydrogen-bond donors (Lipinski definition) is 1. The molecule has 74 valence electrons. The van der Waals surface area contributed by atoms with E-state index in [-0.39, 0.29) is 11.6 Å². The van der Waals surface area contributed by atoms with Crippen molar-refractivity contribution in [3.8, 4) is 0 Å². The number of hydrogen-bond acceptors (Lipinski definition) is 7. The first kappa shape index (κ1) is 8.69. The van der Waals surface area contributed by atoms with E-state index in [1.807, 2.05) is 0 Å². The van der Waals surface area contributed by atoms with Crippen molar-refractivity contribution in [1.29, 1.82) is 0 Å². The van der Waals surface area contributed by atoms with E-state index in [4.69, 9.17) is 0 Å². The molecule has 14 heavy (non-hydrogen) atoms. The summed E-state index contributed by atoms with van der Waals surface area (Å²) in [7, 11) is 3.21. The molecule has 2 rings (SSSR count). The van der Waals surface area contributed by atoms with Gasteiger partial charge in [-0.1, -0.05) is 0 Å². The van der Waals surface area contributed by atoms with E-state index in [2.05, 4.69) is 30.8 Å². The Kier molecular flexibility index (Phi) is 1.93. The van der Waals surface area contributed by atoms with Crippen LogP contribution in [-0.2, 0) is 14.1 Å². The molecular formula is C5H8N8O. The molecule has 0 spiro atoms. The van der Waals surface area contributed by atoms with Gasteiger partial charge in [0.1, 0.15) is 0 Å². The van der Waals surface area contributed by atoms with Crippen molar-refractivity contribution < 1.29 is 5.11 Å². The minimum absolute atomic E-state index is 0.153. The summed E-state index contributed by atoms with van der Waals surface area (Å²) in [6.07, 6.45) is -1.09. The van der Waals surface area contributed by atoms with Crippen molar-refractivity contribution in [3.05, 3.63) is 11.6 Å². The second kappa shape index (κ2) is 3.10. The summed E-state index contributed by atoms with van der Waals surface area (Å²) in [4.78, 5) is 2.49. The van der Waals surface area contributed by atoms with Gasteiger partial charge >= 0.3 is 0 Å². The number of aryl methyl sites for hydroxylation is 2. The van der Waals surface area contributed by atoms with Crippen LogP contribution >= 0.6 is 0 Å². The highest BCUT2D eigenvalue weighted by atomic mass is 16.3. The van der Waals surface area contributed by atoms with Crippen LogP contribution in [0.4, 0.5) is 0 Å². The minimum Gasteiger partial charge on any atom is -0.377 e. The van der Waals surface area contributed by atoms with E-state index >= 15 is 0 Å². The maximum Gasteiger partial charge on any atom is 0.211 e. The maximum atomic E-state index is 9.66. The van der Waals surface area contributed by atoms with Crippen LogP contribution < -0.4 is 0 Å². The average molecular weight is 196 g/mol. The molecule has 1 N–H and O–H groups in total. The van der Waals surface area contributed by atoms with E-state index < -0.39 is 6.10 Å². The lowest BCUT2D eigenvalue weighted by molar-refractivity contribution is 0.199. The molecule has 2 aromatic heterocycles. The SMILES string of the molecule is Cn1nnc(C(O)c2nnn(C)n2)n1. The molecule has 9 heteroatoms. The third-order valence-corrected chi connectivity index (χ3v) is 1.54. The maximum absolute atomic E-state index is 9.66. The summed E-state index contributed by atoms with van der Waals surface area (Å²) in [5.41, 5.74) is 0. The van der Waals surface area contributed by atoms with Crippen LogP contribution in [-0.4, -0.2) is 45.5 Å². The smallest absolute Gasteiger partial charge is 0.211 e. The van der Waals surface area contributed by atoms with Crippen LogP contribution in [0.1, 0.15) is 17.8 Å². The standard InChI is InChI=1S/C5H8N8O/c1-12-8-4(6-10-12)3(14)5-7-11-13(2)9-5/h3,14H,1-2H3. The Hall–Kier alpha value is -1.90. The number of aliphatic hydroxyl groups is 1. The summed E-state index contributed by atoms with van der Waals surface area (Å²) in [6.45, 7) is 0. The van der Waals surface area contributed by atoms with Gasteiger partial charge in [0.2, 0.25) is 11.6 Å². The van der Waals surface area contributed by atoms with Gasteiger partial charge in [0.05, 0.1) is 14.1 Å². The van der Waals surface area contributed by atoms with Gasteiger partial charge in [0.15, 0.2) is 6.10 Å². The topological polar surface area (TPSA) is 107 Å². The molecule has 0 unspecified atom stereocenters. The molecule has 0 aliphatic rings. The largest absolute Gasteiger partial charge is 0.377 e. The van der Waals surface area contributed by atoms with E-state index in [0.29, 0.717) is 0 Å². The molecule has 0 aliphatic carbocycles. The molecule has 2 aromatic rings. The summed E-state index contributed by atoms with van der Waals surface area (Å²) in [5, 5.41) is 31.7. The minimum atomic E-state index is -1.09. The summed E-state index contributed by atoms with van der Waals surface area (Å²) < 4.78 is 0. The van der Waals surface area contributed by atoms with Gasteiger partial charge in [-0.05, 0) is 10.4 Å². The van der Waals surface area contributed by atoms with Crippen LogP contribution in [0.15, 0.2) is 0 Å². The Bertz CT molecular complexity index is 392. The van der Waals surface area contributed by atoms with Crippen LogP contribution in [0.3, 0.4) is 0 Å². The monoisotopic (exact) mass is 196 g/mol. The fraction of sp³-hybridized carbons (Fsp3) is 0.600. The molecule has 9 nitrogen and oxygen atoms in total. The number of nitrogens with zero attached hydrogens (tertiary/aromatic N) is 8. The fourth-order valence-corrected chi connectivity index (χ4v) is 0.932. The molecule has 0 aliphatic heterocycles. The molecule has 0 saturated carbocycles. The van der Waals surface area contributed by atoms with Gasteiger partial charge in [-0.2, -0.15) is 9.59 Å². The van der Waals surface area contributed by atoms with Gasteiger partial charge < -0.3 is 5.11 Å². The summed E-state index contributed by atoms with van der Waals surface area (Å²) >= 11 is 0. The number of aromatic nitrogens is 8. The van der Waals surface area contributed by atoms with Crippen molar-refractivity contribution >= 4 is 0 Å². The molecule has 0 saturated heterocycles. The predicted octanol–water partition coefficient (Wildman–Crippen LogP) is -2.18. The van der Waals surface area contributed by atoms with Crippen LogP contribution in [0.25, 0.3) is 0 Å². The zero-order valence-electron chi connectivity index (χ0n) is 7.60. The second-order valence-corrected chi connectivity index (χ2v) is 2.68. The third kappa shape index (κ3) is 1.44. The number of rotatable bonds is 2. The van der Waals surface area contributed by atoms with Crippen molar-refractivity contribution in [2.45, 2.75) is 6.10 Å². The first-order valence-corrected chi connectivity index (χ1v) is 3.82. The Labute approximate surface area is 78.3 Å². The quantitative estimate of drug-likeness (QED) is 0.581. The van der Waals surface area contributed by atoms with E-state index in [1.54, 1.807) is 14.1 Å². The first-order chi connectivity index (χ1) is 6.66. The average Bonchev–Trinajstić information content (AvgIpc) is 2.73. The normalized spacial score (nSPS) is 11.1. The molecule has 0 amide bonds. The van der Waals surface area contributed by atoms with Gasteiger partial charge in [-0.15, -0.1) is 20.4 Å². The lowest BCUT2D eigenvalue weighted by Gasteiger charge is -1.97. The van der Waals surface area contributed by atoms with Crippen LogP contribution in [0.5, 0.6) is 0 Å². The zero-order chi connectivity index (χ0) is 10.1. The van der Waals surface area contributed by atoms with Crippen molar-refractivity contribution in [1.82, 2.24) is 40.4 Å². The summed E-state index contributed by atoms with van der Waals surface area (Å²) in [6, 6.07) is 0. The van der Waals surface area contributed by atoms with Crippen LogP contribution in [0.2, 0.25) is 0 Å². The zero-order valence-corrected chi connectivity index (χ0v) is 7.60. The molecule has 0 fully saturated rings. The highest BCUT2D eigenvalue weighted by Crippen LogP contribution is 2.11. The Morgan fingerprint density at radius 3 is 1.71 bits per heavy atom. The lowest BCUT2D eigenvalue weighted by Crippen LogP contribution is -2.05. The lowest BCUT2D eigenvalue weighted by atomic mass is 10.3. The molecule has 0 aromatic carbocycles. The predicted molar refractivity (Wildman–Crippen MR) is 41.7 cm³/mol. The van der Waals surface area contributed by atoms with Gasteiger partial charge in [0, 0.05) is 0 Å². The fourth-order valence-electron chi connectivity index (χ4n) is 0.932. The van der Waals surface area contributed by atoms with Gasteiger partial charge in [-0.3, -0.25) is 0 Å². The highest BCUT2D eigenvalue weighted by Gasteiger charge is 2.20. The van der Waals surface area contributed by atoms with Crippen molar-refractivity contribution in [2.75, 3.05) is 0 Å². The molecule has 0 atom stereocenters. The Morgan fingerprint density at radius 2 is 1.43 bits per heavy atom. The third-order valence-electron chi connectivity index (χ3n) is 1.54. The van der Waals surface area contributed by atoms with Crippen molar-refractivity contribution in [2.24, 2.45) is 14.1 Å². The van der Waals surface area contributed by atoms with E-state index in [0.717, 1.165) is 0 Å². The highest BCUT2D eigenvalue weighted by molar-refractivity contribution is 4.99. The Morgan fingerprint density at radius 1 is 1.00 bits per heavy atom. The summed E-state index contributed by atoms with van der Waals surface area (Å²) in [5.74, 6) is 0.306. The van der Waals surface area contributed by atoms with E-state index in [9.17, 15) is 5.11 Å². The molecular weight excluding hydrogens is 188 g/mol. The van der Waals surface area contributed by atoms with Crippen molar-refractivity contribution in [3.63, 3.8) is 0 Å². The van der Waals surface area contributed by atoms with Crippen LogP contribution in [0, 0.1) is 0 Å². The van der Waals surface area contributed by atoms with Gasteiger partial charge in [0.25, 0.3) is 0 Å². The number of aliphatic hydroxyl groups excluding tert-OH is 1. The second-order valence-electron chi connectivity index (χ2n) is 2.68. The molecule has 0 bridgehead atoms. The van der Waals surface area contributed by atoms with Gasteiger partial charge in [-0.25, -0.2) is 0 Å². The molecule has 0 radical (unpaired) electrons. The van der Waals surface area contributed by atoms with E-state index in [1.165, 1.54) is 9.59 Å². The number of tetrazole rings is 2. The Balaban J connectivity index is 2.28. The molecule has 2 heterocycles. The first-order valence-electron chi connectivity index (χ1n) is 3.82.